The number of benzene rings is 3. The number of halogens is 2. The second-order valence-corrected chi connectivity index (χ2v) is 10.9. The van der Waals surface area contributed by atoms with Crippen molar-refractivity contribution in [3.8, 4) is 11.5 Å². The minimum atomic E-state index is -3.80. The van der Waals surface area contributed by atoms with Crippen LogP contribution in [-0.2, 0) is 10.0 Å². The zero-order valence-corrected chi connectivity index (χ0v) is 20.5. The molecule has 0 fully saturated rings. The molecule has 5 rings (SSSR count). The summed E-state index contributed by atoms with van der Waals surface area (Å²) in [5.74, 6) is 0.694. The van der Waals surface area contributed by atoms with Crippen LogP contribution < -0.4 is 14.8 Å². The zero-order chi connectivity index (χ0) is 24.0. The van der Waals surface area contributed by atoms with Gasteiger partial charge < -0.3 is 15.2 Å². The van der Waals surface area contributed by atoms with Crippen molar-refractivity contribution in [2.75, 3.05) is 17.1 Å². The lowest BCUT2D eigenvalue weighted by molar-refractivity contribution is 0.402. The normalized spacial score (nSPS) is 20.9. The second-order valence-electron chi connectivity index (χ2n) is 8.38. The third-order valence-corrected chi connectivity index (χ3v) is 8.26. The van der Waals surface area contributed by atoms with Crippen molar-refractivity contribution in [3.63, 3.8) is 0 Å². The van der Waals surface area contributed by atoms with E-state index >= 15 is 0 Å². The van der Waals surface area contributed by atoms with E-state index < -0.39 is 10.0 Å². The predicted molar refractivity (Wildman–Crippen MR) is 135 cm³/mol. The number of anilines is 2. The van der Waals surface area contributed by atoms with Gasteiger partial charge >= 0.3 is 0 Å². The molecule has 176 valence electrons. The Labute approximate surface area is 208 Å². The van der Waals surface area contributed by atoms with E-state index in [-0.39, 0.29) is 33.5 Å². The minimum Gasteiger partial charge on any atom is -0.506 e. The largest absolute Gasteiger partial charge is 0.506 e. The molecule has 0 saturated heterocycles. The first kappa shape index (κ1) is 22.9. The average molecular weight is 517 g/mol. The van der Waals surface area contributed by atoms with Gasteiger partial charge in [-0.15, -0.1) is 0 Å². The molecular weight excluding hydrogens is 495 g/mol. The molecule has 0 aromatic heterocycles. The van der Waals surface area contributed by atoms with E-state index in [0.717, 1.165) is 17.7 Å². The SMILES string of the molecule is COc1ccc(NS(=O)(=O)c2ccc3c(c2)C2C=CCC2C(c2cc(Cl)cc(Cl)c2O)N3)cc1. The molecule has 3 N–H and O–H groups in total. The molecule has 0 saturated carbocycles. The first-order valence-corrected chi connectivity index (χ1v) is 12.9. The van der Waals surface area contributed by atoms with Crippen molar-refractivity contribution in [2.45, 2.75) is 23.3 Å². The van der Waals surface area contributed by atoms with E-state index in [1.165, 1.54) is 6.07 Å². The topological polar surface area (TPSA) is 87.7 Å². The summed E-state index contributed by atoms with van der Waals surface area (Å²) < 4.78 is 33.9. The highest BCUT2D eigenvalue weighted by atomic mass is 35.5. The van der Waals surface area contributed by atoms with E-state index in [1.807, 2.05) is 0 Å². The van der Waals surface area contributed by atoms with Crippen LogP contribution in [0.25, 0.3) is 0 Å². The molecule has 0 radical (unpaired) electrons. The average Bonchev–Trinajstić information content (AvgIpc) is 3.31. The lowest BCUT2D eigenvalue weighted by atomic mass is 9.77. The molecule has 3 aromatic carbocycles. The van der Waals surface area contributed by atoms with Gasteiger partial charge in [-0.2, -0.15) is 0 Å². The quantitative estimate of drug-likeness (QED) is 0.344. The maximum absolute atomic E-state index is 13.1. The fraction of sp³-hybridized carbons (Fsp3) is 0.200. The number of fused-ring (bicyclic) bond motifs is 3. The molecule has 6 nitrogen and oxygen atoms in total. The van der Waals surface area contributed by atoms with Crippen LogP contribution in [0.3, 0.4) is 0 Å². The van der Waals surface area contributed by atoms with Crippen molar-refractivity contribution < 1.29 is 18.3 Å². The van der Waals surface area contributed by atoms with Gasteiger partial charge in [0.15, 0.2) is 0 Å². The Morgan fingerprint density at radius 2 is 1.82 bits per heavy atom. The van der Waals surface area contributed by atoms with Crippen LogP contribution in [-0.4, -0.2) is 20.6 Å². The van der Waals surface area contributed by atoms with Gasteiger partial charge in [0.2, 0.25) is 0 Å². The summed E-state index contributed by atoms with van der Waals surface area (Å²) in [4.78, 5) is 0.176. The molecule has 3 unspecified atom stereocenters. The number of phenols is 1. The van der Waals surface area contributed by atoms with Crippen molar-refractivity contribution in [2.24, 2.45) is 5.92 Å². The molecule has 9 heteroatoms. The summed E-state index contributed by atoms with van der Waals surface area (Å²) in [5.41, 5.74) is 2.76. The maximum Gasteiger partial charge on any atom is 0.261 e. The Bertz CT molecular complexity index is 1390. The second kappa shape index (κ2) is 8.73. The number of sulfonamides is 1. The van der Waals surface area contributed by atoms with Gasteiger partial charge in [0.05, 0.1) is 23.1 Å². The monoisotopic (exact) mass is 516 g/mol. The molecule has 1 aliphatic heterocycles. The van der Waals surface area contributed by atoms with Crippen LogP contribution in [0, 0.1) is 5.92 Å². The van der Waals surface area contributed by atoms with Crippen LogP contribution in [0.5, 0.6) is 11.5 Å². The third-order valence-electron chi connectivity index (χ3n) is 6.38. The van der Waals surface area contributed by atoms with Crippen molar-refractivity contribution >= 4 is 44.6 Å². The molecule has 1 heterocycles. The highest BCUT2D eigenvalue weighted by Gasteiger charge is 2.39. The number of hydrogen-bond donors (Lipinski definition) is 3. The summed E-state index contributed by atoms with van der Waals surface area (Å²) in [6.45, 7) is 0. The van der Waals surface area contributed by atoms with E-state index in [2.05, 4.69) is 22.2 Å². The van der Waals surface area contributed by atoms with E-state index in [0.29, 0.717) is 22.0 Å². The molecular formula is C25H22Cl2N2O4S. The number of ether oxygens (including phenoxy) is 1. The van der Waals surface area contributed by atoms with E-state index in [9.17, 15) is 13.5 Å². The van der Waals surface area contributed by atoms with Crippen molar-refractivity contribution in [1.82, 2.24) is 0 Å². The van der Waals surface area contributed by atoms with Crippen LogP contribution >= 0.6 is 23.2 Å². The van der Waals surface area contributed by atoms with Gasteiger partial charge in [0, 0.05) is 27.9 Å². The minimum absolute atomic E-state index is 0.000515. The van der Waals surface area contributed by atoms with Crippen molar-refractivity contribution in [3.05, 3.63) is 87.9 Å². The lowest BCUT2D eigenvalue weighted by Crippen LogP contribution is -2.29. The van der Waals surface area contributed by atoms with Gasteiger partial charge in [-0.25, -0.2) is 8.42 Å². The predicted octanol–water partition coefficient (Wildman–Crippen LogP) is 6.33. The smallest absolute Gasteiger partial charge is 0.261 e. The standard InChI is InChI=1S/C25H22Cl2N2O4S/c1-33-16-7-5-15(6-8-16)29-34(31,32)17-9-10-23-20(13-17)18-3-2-4-19(18)24(28-23)21-11-14(26)12-22(27)25(21)30/h2-3,5-13,18-19,24,28-30H,4H2,1H3. The van der Waals surface area contributed by atoms with Crippen LogP contribution in [0.1, 0.15) is 29.5 Å². The number of nitrogens with one attached hydrogen (secondary N) is 2. The first-order valence-electron chi connectivity index (χ1n) is 10.7. The maximum atomic E-state index is 13.1. The van der Waals surface area contributed by atoms with Crippen LogP contribution in [0.15, 0.2) is 71.6 Å². The molecule has 0 amide bonds. The summed E-state index contributed by atoms with van der Waals surface area (Å²) in [7, 11) is -2.24. The number of phenolic OH excluding ortho intramolecular Hbond substituents is 1. The highest BCUT2D eigenvalue weighted by Crippen LogP contribution is 2.52. The lowest BCUT2D eigenvalue weighted by Gasteiger charge is -2.38. The number of methoxy groups -OCH3 is 1. The Morgan fingerprint density at radius 1 is 1.06 bits per heavy atom. The zero-order valence-electron chi connectivity index (χ0n) is 18.1. The Kier molecular flexibility index (Phi) is 5.88. The van der Waals surface area contributed by atoms with Crippen molar-refractivity contribution in [1.29, 1.82) is 0 Å². The molecule has 34 heavy (non-hydrogen) atoms. The van der Waals surface area contributed by atoms with Gasteiger partial charge in [-0.1, -0.05) is 35.4 Å². The van der Waals surface area contributed by atoms with E-state index in [1.54, 1.807) is 55.6 Å². The highest BCUT2D eigenvalue weighted by molar-refractivity contribution is 7.92. The van der Waals surface area contributed by atoms with Crippen LogP contribution in [0.2, 0.25) is 10.0 Å². The molecule has 1 aliphatic carbocycles. The summed E-state index contributed by atoms with van der Waals surface area (Å²) in [6.07, 6.45) is 4.94. The van der Waals surface area contributed by atoms with Gasteiger partial charge in [-0.3, -0.25) is 4.72 Å². The third kappa shape index (κ3) is 4.08. The van der Waals surface area contributed by atoms with Gasteiger partial charge in [-0.05, 0) is 72.5 Å². The van der Waals surface area contributed by atoms with Gasteiger partial charge in [0.25, 0.3) is 10.0 Å². The molecule has 3 atom stereocenters. The number of rotatable bonds is 5. The number of aromatic hydroxyl groups is 1. The molecule has 3 aromatic rings. The first-order chi connectivity index (χ1) is 16.3. The molecule has 2 aliphatic rings. The van der Waals surface area contributed by atoms with E-state index in [4.69, 9.17) is 27.9 Å². The Balaban J connectivity index is 1.49. The summed E-state index contributed by atoms with van der Waals surface area (Å²) in [6, 6.07) is 14.7. The van der Waals surface area contributed by atoms with Crippen LogP contribution in [0.4, 0.5) is 11.4 Å². The Hall–Kier alpha value is -2.87. The molecule has 0 bridgehead atoms. The van der Waals surface area contributed by atoms with Gasteiger partial charge in [0.1, 0.15) is 11.5 Å². The summed E-state index contributed by atoms with van der Waals surface area (Å²) >= 11 is 12.4. The fourth-order valence-electron chi connectivity index (χ4n) is 4.74. The number of hydrogen-bond acceptors (Lipinski definition) is 5. The fourth-order valence-corrected chi connectivity index (χ4v) is 6.35. The summed E-state index contributed by atoms with van der Waals surface area (Å²) in [5, 5.41) is 14.7. The number of allylic oxidation sites excluding steroid dienone is 2. The Morgan fingerprint density at radius 3 is 2.56 bits per heavy atom. The molecule has 0 spiro atoms.